The minimum Gasteiger partial charge on any atom is -0.543 e. The number of rotatable bonds is 13. The number of phenolic OH excluding ortho intramolecular Hbond substituents is 4. The molecule has 2 atom stereocenters. The molecule has 0 spiro atoms. The quantitative estimate of drug-likeness (QED) is 0.0136. The molecule has 2 aliphatic rings. The number of carboxylic acids is 1. The molecule has 0 saturated carbocycles. The molecule has 2 amide bonds. The number of anilines is 1. The fraction of sp³-hybridized carbons (Fsp3) is 0.212. The predicted molar refractivity (Wildman–Crippen MR) is 202 cm³/mol. The number of carbonyl (C=O) groups excluding carboxylic acids is 3. The Balaban J connectivity index is 0.00000585. The average Bonchev–Trinajstić information content (AvgIpc) is 3.79. The van der Waals surface area contributed by atoms with Crippen LogP contribution >= 0.6 is 34.9 Å². The number of hydrogen-bond acceptors (Lipinski definition) is 20. The van der Waals surface area contributed by atoms with Gasteiger partial charge >= 0.3 is 29.6 Å². The van der Waals surface area contributed by atoms with Crippen molar-refractivity contribution in [3.8, 4) is 23.0 Å². The Morgan fingerprint density at radius 2 is 1.86 bits per heavy atom. The van der Waals surface area contributed by atoms with Crippen molar-refractivity contribution in [3.05, 3.63) is 81.6 Å². The molecular formula is C33H27FN9NaO11S4. The van der Waals surface area contributed by atoms with Gasteiger partial charge in [-0.15, -0.1) is 40.0 Å². The van der Waals surface area contributed by atoms with Crippen LogP contribution in [0.25, 0.3) is 5.78 Å². The van der Waals surface area contributed by atoms with E-state index in [1.807, 2.05) is 0 Å². The van der Waals surface area contributed by atoms with Gasteiger partial charge in [0.1, 0.15) is 34.5 Å². The number of thioether (sulfide) groups is 2. The zero-order valence-electron chi connectivity index (χ0n) is 30.4. The first-order chi connectivity index (χ1) is 27.5. The number of thiazole rings is 1. The van der Waals surface area contributed by atoms with E-state index in [0.717, 1.165) is 58.3 Å². The predicted octanol–water partition coefficient (Wildman–Crippen LogP) is -2.47. The van der Waals surface area contributed by atoms with Crippen LogP contribution in [-0.4, -0.2) is 105 Å². The number of oxime groups is 1. The number of phenols is 4. The number of nitrogens with two attached hydrogens (primary N) is 1. The number of aryl methyl sites for hydroxylation is 1. The fourth-order valence-electron chi connectivity index (χ4n) is 5.74. The number of benzene rings is 2. The minimum atomic E-state index is -4.07. The third-order valence-corrected chi connectivity index (χ3v) is 13.2. The molecule has 20 nitrogen and oxygen atoms in total. The van der Waals surface area contributed by atoms with Gasteiger partial charge in [-0.2, -0.15) is 9.50 Å². The smallest absolute Gasteiger partial charge is 0.543 e. The van der Waals surface area contributed by atoms with E-state index in [-0.39, 0.29) is 79.6 Å². The first-order valence-electron chi connectivity index (χ1n) is 16.4. The van der Waals surface area contributed by atoms with Crippen molar-refractivity contribution < 1.29 is 87.1 Å². The number of carbonyl (C=O) groups is 3. The summed E-state index contributed by atoms with van der Waals surface area (Å²) in [5.41, 5.74) is 5.47. The number of nitrogen functional groups attached to an aromatic ring is 1. The van der Waals surface area contributed by atoms with Gasteiger partial charge in [0, 0.05) is 34.2 Å². The first-order valence-corrected chi connectivity index (χ1v) is 21.0. The minimum absolute atomic E-state index is 0. The molecule has 1 fully saturated rings. The van der Waals surface area contributed by atoms with Crippen LogP contribution in [0.15, 0.2) is 68.1 Å². The molecule has 0 unspecified atom stereocenters. The number of aromatic hydroxyl groups is 4. The van der Waals surface area contributed by atoms with E-state index in [1.54, 1.807) is 13.0 Å². The average molecular weight is 896 g/mol. The van der Waals surface area contributed by atoms with Crippen molar-refractivity contribution in [2.45, 2.75) is 40.6 Å². The maximum Gasteiger partial charge on any atom is 1.00 e. The van der Waals surface area contributed by atoms with Gasteiger partial charge in [-0.1, -0.05) is 5.16 Å². The number of fused-ring (bicyclic) bond motifs is 2. The van der Waals surface area contributed by atoms with Crippen LogP contribution in [0.2, 0.25) is 0 Å². The zero-order chi connectivity index (χ0) is 41.6. The number of sulfone groups is 1. The summed E-state index contributed by atoms with van der Waals surface area (Å²) in [6, 6.07) is 5.64. The Kier molecular flexibility index (Phi) is 12.6. The molecule has 2 aliphatic heterocycles. The number of nitrogens with zero attached hydrogens (tertiary/aromatic N) is 7. The molecule has 7 rings (SSSR count). The molecule has 0 radical (unpaired) electrons. The largest absolute Gasteiger partial charge is 1.00 e. The van der Waals surface area contributed by atoms with Crippen LogP contribution in [0.4, 0.5) is 9.52 Å². The van der Waals surface area contributed by atoms with Crippen LogP contribution in [0.5, 0.6) is 23.0 Å². The third kappa shape index (κ3) is 8.76. The molecule has 7 N–H and O–H groups in total. The second-order valence-electron chi connectivity index (χ2n) is 12.5. The topological polar surface area (TPSA) is 308 Å². The van der Waals surface area contributed by atoms with Gasteiger partial charge in [-0.25, -0.2) is 22.8 Å². The molecule has 26 heteroatoms. The molecular weight excluding hydrogens is 869 g/mol. The number of β-lactam (4-membered cyclic amide) rings is 1. The molecule has 5 heterocycles. The number of halogens is 1. The second-order valence-corrected chi connectivity index (χ2v) is 17.4. The SMILES string of the molecule is Cc1cc(SCC2=C(C(=O)[O-])N3C(=O)[C@@H](NC(=O)/C(=N\OCc4ccc(O)c(O)c4F)c4csc(N)n4)[C@H]3SC2)n2nc(CS(=O)(=O)c3ccc(O)c(O)c3)nc2n1.[Na+]. The van der Waals surface area contributed by atoms with Gasteiger partial charge in [-0.3, -0.25) is 14.5 Å². The van der Waals surface area contributed by atoms with Crippen LogP contribution < -0.4 is 45.7 Å². The van der Waals surface area contributed by atoms with E-state index in [1.165, 1.54) is 21.7 Å². The van der Waals surface area contributed by atoms with Gasteiger partial charge in [0.15, 0.2) is 55.3 Å². The molecule has 59 heavy (non-hydrogen) atoms. The molecule has 1 saturated heterocycles. The number of aliphatic carboxylic acids is 1. The monoisotopic (exact) mass is 895 g/mol. The van der Waals surface area contributed by atoms with Gasteiger partial charge in [0.25, 0.3) is 17.6 Å². The Morgan fingerprint density at radius 1 is 1.12 bits per heavy atom. The number of hydrogen-bond donors (Lipinski definition) is 6. The fourth-order valence-corrected chi connectivity index (χ4v) is 10.0. The van der Waals surface area contributed by atoms with E-state index < -0.39 is 85.9 Å². The van der Waals surface area contributed by atoms with Crippen LogP contribution in [-0.2, 0) is 41.4 Å². The summed E-state index contributed by atoms with van der Waals surface area (Å²) in [7, 11) is -4.07. The van der Waals surface area contributed by atoms with Crippen LogP contribution in [0.3, 0.4) is 0 Å². The maximum atomic E-state index is 14.4. The first kappa shape index (κ1) is 43.4. The standard InChI is InChI=1S/C33H28FN9O11S4.Na/c1-13-6-22(43-33(36-13)38-21(40-43)12-58(52,53)16-3-5-18(44)20(46)7-16)55-9-15-10-56-30-25(29(49)42(30)26(15)31(50)51)39-28(48)24(17-11-57-32(35)37-17)41-54-8-14-2-4-19(45)27(47)23(14)34;/h2-7,11,25,30,44-47H,8-10,12H2,1H3,(H2,35,37)(H,39,48)(H,50,51);/q;+1/p-1/b41-24-;/t25-,30-;/m1./s1. The van der Waals surface area contributed by atoms with Crippen molar-refractivity contribution in [2.24, 2.45) is 5.16 Å². The van der Waals surface area contributed by atoms with E-state index in [2.05, 4.69) is 30.5 Å². The van der Waals surface area contributed by atoms with E-state index in [4.69, 9.17) is 10.6 Å². The van der Waals surface area contributed by atoms with Crippen LogP contribution in [0.1, 0.15) is 22.8 Å². The second kappa shape index (κ2) is 17.2. The molecule has 302 valence electrons. The number of amides is 2. The van der Waals surface area contributed by atoms with Crippen molar-refractivity contribution >= 4 is 79.1 Å². The molecule has 3 aromatic heterocycles. The summed E-state index contributed by atoms with van der Waals surface area (Å²) in [6.07, 6.45) is 0. The molecule has 5 aromatic rings. The molecule has 2 aromatic carbocycles. The zero-order valence-corrected chi connectivity index (χ0v) is 35.7. The van der Waals surface area contributed by atoms with Gasteiger partial charge in [0.05, 0.1) is 16.6 Å². The summed E-state index contributed by atoms with van der Waals surface area (Å²) in [4.78, 5) is 57.9. The Labute approximate surface area is 366 Å². The van der Waals surface area contributed by atoms with Crippen molar-refractivity contribution in [2.75, 3.05) is 17.2 Å². The van der Waals surface area contributed by atoms with Crippen molar-refractivity contribution in [3.63, 3.8) is 0 Å². The van der Waals surface area contributed by atoms with E-state index in [0.29, 0.717) is 16.3 Å². The van der Waals surface area contributed by atoms with Crippen molar-refractivity contribution in [1.82, 2.24) is 34.8 Å². The summed E-state index contributed by atoms with van der Waals surface area (Å²) in [5, 5.41) is 62.6. The number of aromatic nitrogens is 5. The summed E-state index contributed by atoms with van der Waals surface area (Å²) in [6.45, 7) is 1.09. The summed E-state index contributed by atoms with van der Waals surface area (Å²) in [5.74, 6) is -7.94. The Bertz CT molecular complexity index is 2710. The normalized spacial score (nSPS) is 16.7. The van der Waals surface area contributed by atoms with Gasteiger partial charge in [0.2, 0.25) is 0 Å². The van der Waals surface area contributed by atoms with Crippen molar-refractivity contribution in [1.29, 1.82) is 0 Å². The van der Waals surface area contributed by atoms with Crippen LogP contribution in [0, 0.1) is 12.7 Å². The summed E-state index contributed by atoms with van der Waals surface area (Å²) < 4.78 is 41.7. The Morgan fingerprint density at radius 3 is 2.56 bits per heavy atom. The summed E-state index contributed by atoms with van der Waals surface area (Å²) >= 11 is 3.26. The van der Waals surface area contributed by atoms with E-state index >= 15 is 0 Å². The van der Waals surface area contributed by atoms with Gasteiger partial charge in [-0.05, 0) is 42.8 Å². The third-order valence-electron chi connectivity index (χ3n) is 8.53. The van der Waals surface area contributed by atoms with E-state index in [9.17, 15) is 52.7 Å². The molecule has 0 aliphatic carbocycles. The number of carboxylic acid groups (broad SMARTS) is 1. The molecule has 0 bridgehead atoms. The van der Waals surface area contributed by atoms with Gasteiger partial charge < -0.3 is 46.2 Å². The number of nitrogens with one attached hydrogen (secondary N) is 1. The Hall–Kier alpha value is -5.18. The maximum absolute atomic E-state index is 14.4.